The van der Waals surface area contributed by atoms with Crippen molar-refractivity contribution in [2.24, 2.45) is 5.92 Å². The second-order valence-corrected chi connectivity index (χ2v) is 5.49. The first-order chi connectivity index (χ1) is 9.67. The SMILES string of the molecule is CCOc1ccc(NC(=O)CN2CCC[C@H](C)C2)cc1. The highest BCUT2D eigenvalue weighted by molar-refractivity contribution is 5.92. The summed E-state index contributed by atoms with van der Waals surface area (Å²) in [5.74, 6) is 1.58. The monoisotopic (exact) mass is 276 g/mol. The Morgan fingerprint density at radius 1 is 1.40 bits per heavy atom. The quantitative estimate of drug-likeness (QED) is 0.899. The highest BCUT2D eigenvalue weighted by Gasteiger charge is 2.18. The van der Waals surface area contributed by atoms with Crippen LogP contribution in [0.2, 0.25) is 0 Å². The predicted octanol–water partition coefficient (Wildman–Crippen LogP) is 2.76. The van der Waals surface area contributed by atoms with Gasteiger partial charge in [-0.2, -0.15) is 0 Å². The number of anilines is 1. The fraction of sp³-hybridized carbons (Fsp3) is 0.562. The van der Waals surface area contributed by atoms with Crippen LogP contribution in [0.1, 0.15) is 26.7 Å². The van der Waals surface area contributed by atoms with E-state index in [-0.39, 0.29) is 5.91 Å². The molecule has 1 aliphatic rings. The zero-order chi connectivity index (χ0) is 14.4. The van der Waals surface area contributed by atoms with Crippen molar-refractivity contribution in [3.05, 3.63) is 24.3 Å². The van der Waals surface area contributed by atoms with Gasteiger partial charge in [0.05, 0.1) is 13.2 Å². The zero-order valence-corrected chi connectivity index (χ0v) is 12.4. The Morgan fingerprint density at radius 2 is 2.15 bits per heavy atom. The fourth-order valence-corrected chi connectivity index (χ4v) is 2.64. The molecule has 0 unspecified atom stereocenters. The fourth-order valence-electron chi connectivity index (χ4n) is 2.64. The molecule has 4 nitrogen and oxygen atoms in total. The average molecular weight is 276 g/mol. The van der Waals surface area contributed by atoms with Crippen LogP contribution in [0.4, 0.5) is 5.69 Å². The Hall–Kier alpha value is -1.55. The van der Waals surface area contributed by atoms with Gasteiger partial charge in [-0.25, -0.2) is 0 Å². The van der Waals surface area contributed by atoms with Gasteiger partial charge in [0.25, 0.3) is 0 Å². The second-order valence-electron chi connectivity index (χ2n) is 5.49. The molecule has 1 aromatic carbocycles. The largest absolute Gasteiger partial charge is 0.494 e. The minimum Gasteiger partial charge on any atom is -0.494 e. The van der Waals surface area contributed by atoms with Crippen LogP contribution in [0.3, 0.4) is 0 Å². The van der Waals surface area contributed by atoms with Crippen molar-refractivity contribution in [3.8, 4) is 5.75 Å². The molecule has 1 saturated heterocycles. The lowest BCUT2D eigenvalue weighted by Gasteiger charge is -2.30. The number of hydrogen-bond donors (Lipinski definition) is 1. The Balaban J connectivity index is 1.81. The van der Waals surface area contributed by atoms with Crippen LogP contribution in [0.25, 0.3) is 0 Å². The van der Waals surface area contributed by atoms with Crippen LogP contribution < -0.4 is 10.1 Å². The van der Waals surface area contributed by atoms with Gasteiger partial charge in [-0.1, -0.05) is 6.92 Å². The Labute approximate surface area is 121 Å². The van der Waals surface area contributed by atoms with Crippen LogP contribution in [0, 0.1) is 5.92 Å². The summed E-state index contributed by atoms with van der Waals surface area (Å²) in [5, 5.41) is 2.94. The first-order valence-corrected chi connectivity index (χ1v) is 7.42. The topological polar surface area (TPSA) is 41.6 Å². The molecule has 0 bridgehead atoms. The molecule has 4 heteroatoms. The first-order valence-electron chi connectivity index (χ1n) is 7.42. The van der Waals surface area contributed by atoms with Crippen molar-refractivity contribution in [1.29, 1.82) is 0 Å². The summed E-state index contributed by atoms with van der Waals surface area (Å²) in [7, 11) is 0. The van der Waals surface area contributed by atoms with Crippen molar-refractivity contribution in [2.45, 2.75) is 26.7 Å². The number of rotatable bonds is 5. The summed E-state index contributed by atoms with van der Waals surface area (Å²) in [6, 6.07) is 7.51. The van der Waals surface area contributed by atoms with Gasteiger partial charge in [0.2, 0.25) is 5.91 Å². The van der Waals surface area contributed by atoms with Gasteiger partial charge in [-0.3, -0.25) is 9.69 Å². The molecule has 0 aliphatic carbocycles. The molecule has 1 aliphatic heterocycles. The van der Waals surface area contributed by atoms with Crippen LogP contribution in [0.5, 0.6) is 5.75 Å². The molecule has 1 N–H and O–H groups in total. The number of carbonyl (C=O) groups excluding carboxylic acids is 1. The average Bonchev–Trinajstić information content (AvgIpc) is 2.41. The molecular weight excluding hydrogens is 252 g/mol. The van der Waals surface area contributed by atoms with Gasteiger partial charge in [0.15, 0.2) is 0 Å². The molecule has 1 amide bonds. The predicted molar refractivity (Wildman–Crippen MR) is 81.1 cm³/mol. The van der Waals surface area contributed by atoms with E-state index in [0.717, 1.165) is 24.5 Å². The summed E-state index contributed by atoms with van der Waals surface area (Å²) >= 11 is 0. The van der Waals surface area contributed by atoms with Crippen LogP contribution >= 0.6 is 0 Å². The van der Waals surface area contributed by atoms with Gasteiger partial charge in [0.1, 0.15) is 5.75 Å². The standard InChI is InChI=1S/C16H24N2O2/c1-3-20-15-8-6-14(7-9-15)17-16(19)12-18-10-4-5-13(2)11-18/h6-9,13H,3-5,10-12H2,1-2H3,(H,17,19)/t13-/m0/s1. The number of likely N-dealkylation sites (tertiary alicyclic amines) is 1. The van der Waals surface area contributed by atoms with Crippen molar-refractivity contribution in [2.75, 3.05) is 31.6 Å². The van der Waals surface area contributed by atoms with Crippen LogP contribution in [-0.4, -0.2) is 37.0 Å². The molecule has 20 heavy (non-hydrogen) atoms. The lowest BCUT2D eigenvalue weighted by atomic mass is 10.0. The number of hydrogen-bond acceptors (Lipinski definition) is 3. The third-order valence-electron chi connectivity index (χ3n) is 3.56. The maximum Gasteiger partial charge on any atom is 0.238 e. The van der Waals surface area contributed by atoms with Gasteiger partial charge >= 0.3 is 0 Å². The van der Waals surface area contributed by atoms with Crippen molar-refractivity contribution < 1.29 is 9.53 Å². The van der Waals surface area contributed by atoms with E-state index in [1.165, 1.54) is 12.8 Å². The Kier molecular flexibility index (Phi) is 5.41. The minimum absolute atomic E-state index is 0.0586. The molecular formula is C16H24N2O2. The smallest absolute Gasteiger partial charge is 0.238 e. The number of amides is 1. The normalized spacial score (nSPS) is 19.6. The number of carbonyl (C=O) groups is 1. The number of nitrogens with one attached hydrogen (secondary N) is 1. The highest BCUT2D eigenvalue weighted by Crippen LogP contribution is 2.17. The molecule has 110 valence electrons. The summed E-state index contributed by atoms with van der Waals surface area (Å²) < 4.78 is 5.38. The van der Waals surface area contributed by atoms with Gasteiger partial charge < -0.3 is 10.1 Å². The third kappa shape index (κ3) is 4.53. The van der Waals surface area contributed by atoms with Crippen molar-refractivity contribution in [3.63, 3.8) is 0 Å². The molecule has 0 aromatic heterocycles. The molecule has 0 saturated carbocycles. The zero-order valence-electron chi connectivity index (χ0n) is 12.4. The molecule has 0 spiro atoms. The Bertz CT molecular complexity index is 431. The van der Waals surface area contributed by atoms with E-state index in [1.807, 2.05) is 31.2 Å². The highest BCUT2D eigenvalue weighted by atomic mass is 16.5. The lowest BCUT2D eigenvalue weighted by molar-refractivity contribution is -0.117. The number of piperidine rings is 1. The maximum absolute atomic E-state index is 12.0. The van der Waals surface area contributed by atoms with Gasteiger partial charge in [-0.05, 0) is 56.5 Å². The van der Waals surface area contributed by atoms with Crippen LogP contribution in [0.15, 0.2) is 24.3 Å². The molecule has 0 radical (unpaired) electrons. The van der Waals surface area contributed by atoms with E-state index in [1.54, 1.807) is 0 Å². The molecule has 1 heterocycles. The van der Waals surface area contributed by atoms with E-state index in [2.05, 4.69) is 17.1 Å². The molecule has 2 rings (SSSR count). The summed E-state index contributed by atoms with van der Waals surface area (Å²) in [6.45, 7) is 7.39. The number of ether oxygens (including phenoxy) is 1. The second kappa shape index (κ2) is 7.29. The van der Waals surface area contributed by atoms with E-state index in [9.17, 15) is 4.79 Å². The third-order valence-corrected chi connectivity index (χ3v) is 3.56. The molecule has 1 aromatic rings. The van der Waals surface area contributed by atoms with E-state index < -0.39 is 0 Å². The summed E-state index contributed by atoms with van der Waals surface area (Å²) in [6.07, 6.45) is 2.47. The molecule has 1 atom stereocenters. The number of benzene rings is 1. The van der Waals surface area contributed by atoms with Crippen molar-refractivity contribution >= 4 is 11.6 Å². The maximum atomic E-state index is 12.0. The van der Waals surface area contributed by atoms with Gasteiger partial charge in [0, 0.05) is 12.2 Å². The molecule has 1 fully saturated rings. The van der Waals surface area contributed by atoms with Gasteiger partial charge in [-0.15, -0.1) is 0 Å². The minimum atomic E-state index is 0.0586. The van der Waals surface area contributed by atoms with Crippen molar-refractivity contribution in [1.82, 2.24) is 4.90 Å². The van der Waals surface area contributed by atoms with E-state index in [0.29, 0.717) is 19.1 Å². The summed E-state index contributed by atoms with van der Waals surface area (Å²) in [4.78, 5) is 14.2. The first kappa shape index (κ1) is 14.9. The number of nitrogens with zero attached hydrogens (tertiary/aromatic N) is 1. The van der Waals surface area contributed by atoms with E-state index >= 15 is 0 Å². The van der Waals surface area contributed by atoms with E-state index in [4.69, 9.17) is 4.74 Å². The van der Waals surface area contributed by atoms with Crippen LogP contribution in [-0.2, 0) is 4.79 Å². The lowest BCUT2D eigenvalue weighted by Crippen LogP contribution is -2.39. The Morgan fingerprint density at radius 3 is 2.80 bits per heavy atom. The summed E-state index contributed by atoms with van der Waals surface area (Å²) in [5.41, 5.74) is 0.823.